The number of para-hydroxylation sites is 1. The summed E-state index contributed by atoms with van der Waals surface area (Å²) in [6.07, 6.45) is 0.186. The summed E-state index contributed by atoms with van der Waals surface area (Å²) in [6.45, 7) is 2.31. The first kappa shape index (κ1) is 16.8. The fourth-order valence-electron chi connectivity index (χ4n) is 2.81. The van der Waals surface area contributed by atoms with Crippen LogP contribution in [-0.2, 0) is 9.59 Å². The zero-order chi connectivity index (χ0) is 17.3. The summed E-state index contributed by atoms with van der Waals surface area (Å²) in [7, 11) is 0. The standard InChI is InChI=1S/C18H16Cl2N2O2/c1-11-4-2-3-5-16(11)22-10-12(8-17(22)23)18(24)21-15-7-6-13(19)9-14(15)20/h2-7,9,12H,8,10H2,1H3,(H,21,24)/t12-/m1/s1. The molecule has 1 aliphatic rings. The van der Waals surface area contributed by atoms with Gasteiger partial charge < -0.3 is 10.2 Å². The molecule has 1 atom stereocenters. The minimum atomic E-state index is -0.413. The monoisotopic (exact) mass is 362 g/mol. The highest BCUT2D eigenvalue weighted by Crippen LogP contribution is 2.30. The van der Waals surface area contributed by atoms with Crippen LogP contribution in [0.3, 0.4) is 0 Å². The number of carbonyl (C=O) groups is 2. The molecule has 0 radical (unpaired) electrons. The molecule has 2 amide bonds. The molecule has 0 aromatic heterocycles. The number of aryl methyl sites for hydroxylation is 1. The number of anilines is 2. The molecule has 124 valence electrons. The summed E-state index contributed by atoms with van der Waals surface area (Å²) in [4.78, 5) is 26.5. The van der Waals surface area contributed by atoms with Crippen LogP contribution in [0.25, 0.3) is 0 Å². The number of rotatable bonds is 3. The van der Waals surface area contributed by atoms with Crippen molar-refractivity contribution in [1.82, 2.24) is 0 Å². The minimum absolute atomic E-state index is 0.0494. The molecule has 1 aliphatic heterocycles. The van der Waals surface area contributed by atoms with Gasteiger partial charge in [0.15, 0.2) is 0 Å². The van der Waals surface area contributed by atoms with Crippen LogP contribution in [-0.4, -0.2) is 18.4 Å². The zero-order valence-electron chi connectivity index (χ0n) is 13.1. The quantitative estimate of drug-likeness (QED) is 0.884. The van der Waals surface area contributed by atoms with Gasteiger partial charge in [-0.2, -0.15) is 0 Å². The molecule has 1 fully saturated rings. The third kappa shape index (κ3) is 3.40. The lowest BCUT2D eigenvalue weighted by atomic mass is 10.1. The van der Waals surface area contributed by atoms with Gasteiger partial charge in [-0.15, -0.1) is 0 Å². The van der Waals surface area contributed by atoms with Gasteiger partial charge in [0.25, 0.3) is 0 Å². The maximum absolute atomic E-state index is 12.5. The van der Waals surface area contributed by atoms with Gasteiger partial charge in [0.2, 0.25) is 11.8 Å². The molecule has 24 heavy (non-hydrogen) atoms. The second kappa shape index (κ2) is 6.83. The summed E-state index contributed by atoms with van der Waals surface area (Å²) in [5.41, 5.74) is 2.35. The first-order valence-electron chi connectivity index (χ1n) is 7.57. The Hall–Kier alpha value is -2.04. The fraction of sp³-hybridized carbons (Fsp3) is 0.222. The van der Waals surface area contributed by atoms with E-state index >= 15 is 0 Å². The van der Waals surface area contributed by atoms with Crippen molar-refractivity contribution in [1.29, 1.82) is 0 Å². The van der Waals surface area contributed by atoms with Crippen molar-refractivity contribution >= 4 is 46.4 Å². The lowest BCUT2D eigenvalue weighted by Crippen LogP contribution is -2.28. The van der Waals surface area contributed by atoms with Crippen LogP contribution in [0, 0.1) is 12.8 Å². The first-order chi connectivity index (χ1) is 11.5. The predicted molar refractivity (Wildman–Crippen MR) is 96.7 cm³/mol. The van der Waals surface area contributed by atoms with Crippen molar-refractivity contribution < 1.29 is 9.59 Å². The molecule has 6 heteroatoms. The van der Waals surface area contributed by atoms with Crippen LogP contribution in [0.1, 0.15) is 12.0 Å². The van der Waals surface area contributed by atoms with Crippen LogP contribution in [0.5, 0.6) is 0 Å². The van der Waals surface area contributed by atoms with E-state index in [2.05, 4.69) is 5.32 Å². The highest BCUT2D eigenvalue weighted by atomic mass is 35.5. The Morgan fingerprint density at radius 2 is 1.96 bits per heavy atom. The van der Waals surface area contributed by atoms with Gasteiger partial charge in [0, 0.05) is 23.7 Å². The van der Waals surface area contributed by atoms with Crippen molar-refractivity contribution in [3.8, 4) is 0 Å². The van der Waals surface area contributed by atoms with E-state index < -0.39 is 5.92 Å². The van der Waals surface area contributed by atoms with E-state index in [4.69, 9.17) is 23.2 Å². The molecule has 2 aromatic rings. The average Bonchev–Trinajstić information content (AvgIpc) is 2.92. The molecule has 1 N–H and O–H groups in total. The summed E-state index contributed by atoms with van der Waals surface area (Å²) in [5, 5.41) is 3.65. The maximum Gasteiger partial charge on any atom is 0.229 e. The Morgan fingerprint density at radius 3 is 2.67 bits per heavy atom. The normalized spacial score (nSPS) is 17.2. The molecule has 0 unspecified atom stereocenters. The van der Waals surface area contributed by atoms with E-state index in [0.29, 0.717) is 22.3 Å². The highest BCUT2D eigenvalue weighted by Gasteiger charge is 2.35. The fourth-order valence-corrected chi connectivity index (χ4v) is 3.26. The van der Waals surface area contributed by atoms with Crippen LogP contribution in [0.15, 0.2) is 42.5 Å². The molecule has 0 aliphatic carbocycles. The molecule has 3 rings (SSSR count). The number of halogens is 2. The van der Waals surface area contributed by atoms with Gasteiger partial charge in [-0.1, -0.05) is 41.4 Å². The second-order valence-electron chi connectivity index (χ2n) is 5.81. The summed E-state index contributed by atoms with van der Waals surface area (Å²) in [6, 6.07) is 12.5. The van der Waals surface area contributed by atoms with Crippen molar-refractivity contribution in [2.45, 2.75) is 13.3 Å². The van der Waals surface area contributed by atoms with Crippen LogP contribution >= 0.6 is 23.2 Å². The van der Waals surface area contributed by atoms with Gasteiger partial charge >= 0.3 is 0 Å². The molecule has 1 heterocycles. The Kier molecular flexibility index (Phi) is 4.78. The molecule has 2 aromatic carbocycles. The van der Waals surface area contributed by atoms with Gasteiger partial charge in [0.1, 0.15) is 0 Å². The summed E-state index contributed by atoms with van der Waals surface area (Å²) < 4.78 is 0. The molecular weight excluding hydrogens is 347 g/mol. The average molecular weight is 363 g/mol. The number of nitrogens with zero attached hydrogens (tertiary/aromatic N) is 1. The molecular formula is C18H16Cl2N2O2. The number of nitrogens with one attached hydrogen (secondary N) is 1. The van der Waals surface area contributed by atoms with E-state index in [1.807, 2.05) is 31.2 Å². The Labute approximate surface area is 150 Å². The van der Waals surface area contributed by atoms with Crippen molar-refractivity contribution in [2.24, 2.45) is 5.92 Å². The number of hydrogen-bond acceptors (Lipinski definition) is 2. The van der Waals surface area contributed by atoms with Crippen molar-refractivity contribution in [3.05, 3.63) is 58.1 Å². The van der Waals surface area contributed by atoms with E-state index in [9.17, 15) is 9.59 Å². The molecule has 1 saturated heterocycles. The largest absolute Gasteiger partial charge is 0.324 e. The number of carbonyl (C=O) groups excluding carboxylic acids is 2. The SMILES string of the molecule is Cc1ccccc1N1C[C@H](C(=O)Nc2ccc(Cl)cc2Cl)CC1=O. The van der Waals surface area contributed by atoms with Crippen molar-refractivity contribution in [3.63, 3.8) is 0 Å². The van der Waals surface area contributed by atoms with Gasteiger partial charge in [-0.25, -0.2) is 0 Å². The van der Waals surface area contributed by atoms with E-state index in [-0.39, 0.29) is 18.2 Å². The molecule has 0 spiro atoms. The Balaban J connectivity index is 1.73. The third-order valence-electron chi connectivity index (χ3n) is 4.09. The Bertz CT molecular complexity index is 807. The first-order valence-corrected chi connectivity index (χ1v) is 8.33. The topological polar surface area (TPSA) is 49.4 Å². The number of amides is 2. The molecule has 0 bridgehead atoms. The highest BCUT2D eigenvalue weighted by molar-refractivity contribution is 6.36. The van der Waals surface area contributed by atoms with Crippen LogP contribution < -0.4 is 10.2 Å². The lowest BCUT2D eigenvalue weighted by Gasteiger charge is -2.19. The van der Waals surface area contributed by atoms with E-state index in [1.54, 1.807) is 23.1 Å². The Morgan fingerprint density at radius 1 is 1.21 bits per heavy atom. The van der Waals surface area contributed by atoms with Gasteiger partial charge in [-0.05, 0) is 36.8 Å². The van der Waals surface area contributed by atoms with Crippen molar-refractivity contribution in [2.75, 3.05) is 16.8 Å². The maximum atomic E-state index is 12.5. The smallest absolute Gasteiger partial charge is 0.229 e. The minimum Gasteiger partial charge on any atom is -0.324 e. The summed E-state index contributed by atoms with van der Waals surface area (Å²) in [5.74, 6) is -0.681. The molecule has 4 nitrogen and oxygen atoms in total. The molecule has 0 saturated carbocycles. The van der Waals surface area contributed by atoms with Gasteiger partial charge in [-0.3, -0.25) is 9.59 Å². The third-order valence-corrected chi connectivity index (χ3v) is 4.64. The zero-order valence-corrected chi connectivity index (χ0v) is 14.6. The summed E-state index contributed by atoms with van der Waals surface area (Å²) >= 11 is 11.9. The van der Waals surface area contributed by atoms with E-state index in [1.165, 1.54) is 0 Å². The lowest BCUT2D eigenvalue weighted by molar-refractivity contribution is -0.122. The van der Waals surface area contributed by atoms with E-state index in [0.717, 1.165) is 11.3 Å². The van der Waals surface area contributed by atoms with Gasteiger partial charge in [0.05, 0.1) is 16.6 Å². The predicted octanol–water partition coefficient (Wildman–Crippen LogP) is 4.29. The number of benzene rings is 2. The second-order valence-corrected chi connectivity index (χ2v) is 6.65. The van der Waals surface area contributed by atoms with Crippen LogP contribution in [0.2, 0.25) is 10.0 Å². The van der Waals surface area contributed by atoms with Crippen LogP contribution in [0.4, 0.5) is 11.4 Å². The number of hydrogen-bond donors (Lipinski definition) is 1.